The molecule has 1 aliphatic rings. The van der Waals surface area contributed by atoms with Crippen LogP contribution in [0.3, 0.4) is 0 Å². The second-order valence-electron chi connectivity index (χ2n) is 4.43. The Morgan fingerprint density at radius 3 is 2.86 bits per heavy atom. The standard InChI is InChI=1S/C12H18N2/c1-8-3-4-11(13)6-12(8)14-7-10-5-9(10)2/h3-4,6,9-10,14H,5,7,13H2,1-2H3. The maximum Gasteiger partial charge on any atom is 0.0390 e. The van der Waals surface area contributed by atoms with Crippen molar-refractivity contribution in [2.45, 2.75) is 20.3 Å². The summed E-state index contributed by atoms with van der Waals surface area (Å²) in [5.74, 6) is 1.78. The fourth-order valence-corrected chi connectivity index (χ4v) is 1.75. The molecule has 2 atom stereocenters. The van der Waals surface area contributed by atoms with Crippen LogP contribution < -0.4 is 11.1 Å². The van der Waals surface area contributed by atoms with E-state index in [2.05, 4.69) is 25.2 Å². The van der Waals surface area contributed by atoms with Crippen molar-refractivity contribution in [2.75, 3.05) is 17.6 Å². The number of aryl methyl sites for hydroxylation is 1. The number of nitrogen functional groups attached to an aromatic ring is 1. The first-order valence-electron chi connectivity index (χ1n) is 5.27. The van der Waals surface area contributed by atoms with E-state index >= 15 is 0 Å². The van der Waals surface area contributed by atoms with Crippen LogP contribution in [0.4, 0.5) is 11.4 Å². The largest absolute Gasteiger partial charge is 0.399 e. The summed E-state index contributed by atoms with van der Waals surface area (Å²) in [5.41, 5.74) is 9.03. The minimum absolute atomic E-state index is 0.835. The molecule has 1 aromatic rings. The molecule has 2 heteroatoms. The topological polar surface area (TPSA) is 38.0 Å². The van der Waals surface area contributed by atoms with E-state index in [1.165, 1.54) is 17.7 Å². The first-order valence-corrected chi connectivity index (χ1v) is 5.27. The second kappa shape index (κ2) is 3.52. The molecule has 76 valence electrons. The van der Waals surface area contributed by atoms with Crippen molar-refractivity contribution in [1.29, 1.82) is 0 Å². The molecule has 0 saturated heterocycles. The molecule has 0 bridgehead atoms. The molecule has 0 spiro atoms. The molecule has 0 heterocycles. The van der Waals surface area contributed by atoms with Crippen molar-refractivity contribution < 1.29 is 0 Å². The van der Waals surface area contributed by atoms with Gasteiger partial charge >= 0.3 is 0 Å². The molecule has 14 heavy (non-hydrogen) atoms. The number of hydrogen-bond acceptors (Lipinski definition) is 2. The zero-order valence-electron chi connectivity index (χ0n) is 8.88. The zero-order valence-corrected chi connectivity index (χ0v) is 8.88. The van der Waals surface area contributed by atoms with E-state index in [-0.39, 0.29) is 0 Å². The van der Waals surface area contributed by atoms with Crippen LogP contribution in [0.2, 0.25) is 0 Å². The van der Waals surface area contributed by atoms with Crippen LogP contribution >= 0.6 is 0 Å². The van der Waals surface area contributed by atoms with Gasteiger partial charge in [-0.2, -0.15) is 0 Å². The van der Waals surface area contributed by atoms with Gasteiger partial charge in [0.2, 0.25) is 0 Å². The molecule has 0 aliphatic heterocycles. The molecule has 2 rings (SSSR count). The van der Waals surface area contributed by atoms with Gasteiger partial charge in [-0.1, -0.05) is 13.0 Å². The van der Waals surface area contributed by atoms with E-state index in [1.807, 2.05) is 12.1 Å². The Bertz CT molecular complexity index is 333. The lowest BCUT2D eigenvalue weighted by Gasteiger charge is -2.09. The number of anilines is 2. The molecule has 1 aromatic carbocycles. The number of nitrogens with one attached hydrogen (secondary N) is 1. The van der Waals surface area contributed by atoms with Crippen molar-refractivity contribution in [1.82, 2.24) is 0 Å². The van der Waals surface area contributed by atoms with Crippen molar-refractivity contribution in [2.24, 2.45) is 11.8 Å². The third kappa shape index (κ3) is 2.00. The molecular weight excluding hydrogens is 172 g/mol. The highest BCUT2D eigenvalue weighted by molar-refractivity contribution is 5.59. The van der Waals surface area contributed by atoms with Gasteiger partial charge in [-0.3, -0.25) is 0 Å². The Morgan fingerprint density at radius 1 is 1.50 bits per heavy atom. The third-order valence-electron chi connectivity index (χ3n) is 3.09. The van der Waals surface area contributed by atoms with E-state index in [9.17, 15) is 0 Å². The van der Waals surface area contributed by atoms with Crippen LogP contribution in [-0.4, -0.2) is 6.54 Å². The van der Waals surface area contributed by atoms with Crippen LogP contribution in [0.1, 0.15) is 18.9 Å². The average molecular weight is 190 g/mol. The summed E-state index contributed by atoms with van der Waals surface area (Å²) in [4.78, 5) is 0. The van der Waals surface area contributed by atoms with Gasteiger partial charge < -0.3 is 11.1 Å². The van der Waals surface area contributed by atoms with Crippen molar-refractivity contribution in [3.63, 3.8) is 0 Å². The molecule has 3 N–H and O–H groups in total. The lowest BCUT2D eigenvalue weighted by molar-refractivity contribution is 0.787. The predicted octanol–water partition coefficient (Wildman–Crippen LogP) is 2.65. The van der Waals surface area contributed by atoms with Gasteiger partial charge in [0.15, 0.2) is 0 Å². The summed E-state index contributed by atoms with van der Waals surface area (Å²) in [6, 6.07) is 6.02. The zero-order chi connectivity index (χ0) is 10.1. The number of nitrogens with two attached hydrogens (primary N) is 1. The molecule has 2 nitrogen and oxygen atoms in total. The fourth-order valence-electron chi connectivity index (χ4n) is 1.75. The van der Waals surface area contributed by atoms with Gasteiger partial charge in [0.05, 0.1) is 0 Å². The van der Waals surface area contributed by atoms with E-state index in [4.69, 9.17) is 5.73 Å². The normalized spacial score (nSPS) is 24.7. The van der Waals surface area contributed by atoms with Crippen LogP contribution in [0.25, 0.3) is 0 Å². The lowest BCUT2D eigenvalue weighted by atomic mass is 10.2. The first-order chi connectivity index (χ1) is 6.66. The van der Waals surface area contributed by atoms with Crippen molar-refractivity contribution in [3.05, 3.63) is 23.8 Å². The monoisotopic (exact) mass is 190 g/mol. The van der Waals surface area contributed by atoms with E-state index < -0.39 is 0 Å². The van der Waals surface area contributed by atoms with Gasteiger partial charge in [-0.25, -0.2) is 0 Å². The molecule has 0 amide bonds. The van der Waals surface area contributed by atoms with Crippen molar-refractivity contribution >= 4 is 11.4 Å². The molecule has 1 fully saturated rings. The van der Waals surface area contributed by atoms with E-state index in [0.29, 0.717) is 0 Å². The van der Waals surface area contributed by atoms with Crippen molar-refractivity contribution in [3.8, 4) is 0 Å². The van der Waals surface area contributed by atoms with E-state index in [0.717, 1.165) is 24.1 Å². The van der Waals surface area contributed by atoms with Gasteiger partial charge in [0.25, 0.3) is 0 Å². The fraction of sp³-hybridized carbons (Fsp3) is 0.500. The van der Waals surface area contributed by atoms with Gasteiger partial charge in [-0.05, 0) is 42.9 Å². The van der Waals surface area contributed by atoms with Crippen LogP contribution in [0, 0.1) is 18.8 Å². The Morgan fingerprint density at radius 2 is 2.21 bits per heavy atom. The Labute approximate surface area is 85.5 Å². The summed E-state index contributed by atoms with van der Waals surface area (Å²) in [7, 11) is 0. The summed E-state index contributed by atoms with van der Waals surface area (Å²) >= 11 is 0. The number of benzene rings is 1. The van der Waals surface area contributed by atoms with Crippen LogP contribution in [0.5, 0.6) is 0 Å². The Hall–Kier alpha value is -1.18. The van der Waals surface area contributed by atoms with Gasteiger partial charge in [0, 0.05) is 17.9 Å². The van der Waals surface area contributed by atoms with E-state index in [1.54, 1.807) is 0 Å². The SMILES string of the molecule is Cc1ccc(N)cc1NCC1CC1C. The Balaban J connectivity index is 1.97. The number of hydrogen-bond donors (Lipinski definition) is 2. The highest BCUT2D eigenvalue weighted by Gasteiger charge is 2.31. The second-order valence-corrected chi connectivity index (χ2v) is 4.43. The minimum atomic E-state index is 0.835. The maximum atomic E-state index is 5.74. The third-order valence-corrected chi connectivity index (χ3v) is 3.09. The lowest BCUT2D eigenvalue weighted by Crippen LogP contribution is -2.06. The summed E-state index contributed by atoms with van der Waals surface area (Å²) in [6.07, 6.45) is 1.37. The summed E-state index contributed by atoms with van der Waals surface area (Å²) in [6.45, 7) is 5.50. The quantitative estimate of drug-likeness (QED) is 0.719. The smallest absolute Gasteiger partial charge is 0.0390 e. The van der Waals surface area contributed by atoms with Gasteiger partial charge in [-0.15, -0.1) is 0 Å². The molecular formula is C12H18N2. The van der Waals surface area contributed by atoms with Crippen LogP contribution in [-0.2, 0) is 0 Å². The molecule has 1 aliphatic carbocycles. The minimum Gasteiger partial charge on any atom is -0.399 e. The Kier molecular flexibility index (Phi) is 2.36. The molecule has 0 aromatic heterocycles. The highest BCUT2D eigenvalue weighted by Crippen LogP contribution is 2.37. The van der Waals surface area contributed by atoms with Gasteiger partial charge in [0.1, 0.15) is 0 Å². The predicted molar refractivity (Wildman–Crippen MR) is 61.4 cm³/mol. The molecule has 0 radical (unpaired) electrons. The highest BCUT2D eigenvalue weighted by atomic mass is 14.9. The van der Waals surface area contributed by atoms with Crippen LogP contribution in [0.15, 0.2) is 18.2 Å². The first kappa shape index (κ1) is 9.38. The molecule has 1 saturated carbocycles. The molecule has 2 unspecified atom stereocenters. The summed E-state index contributed by atoms with van der Waals surface area (Å²) in [5, 5.41) is 3.47. The maximum absolute atomic E-state index is 5.74. The average Bonchev–Trinajstić information content (AvgIpc) is 2.84. The number of rotatable bonds is 3. The summed E-state index contributed by atoms with van der Waals surface area (Å²) < 4.78 is 0.